The number of rotatable bonds is 8. The zero-order valence-electron chi connectivity index (χ0n) is 18.0. The summed E-state index contributed by atoms with van der Waals surface area (Å²) in [5, 5.41) is 14.0. The molecule has 0 aliphatic carbocycles. The summed E-state index contributed by atoms with van der Waals surface area (Å²) in [5.74, 6) is -1.24. The highest BCUT2D eigenvalue weighted by molar-refractivity contribution is 6.00. The van der Waals surface area contributed by atoms with Crippen molar-refractivity contribution in [3.05, 3.63) is 28.6 Å². The number of hydrogen-bond acceptors (Lipinski definition) is 5. The largest absolute Gasteiger partial charge is 0.451 e. The fourth-order valence-corrected chi connectivity index (χ4v) is 2.65. The van der Waals surface area contributed by atoms with E-state index in [0.717, 1.165) is 23.5 Å². The van der Waals surface area contributed by atoms with E-state index in [9.17, 15) is 19.6 Å². The summed E-state index contributed by atoms with van der Waals surface area (Å²) in [4.78, 5) is 35.5. The molecule has 1 aromatic rings. The molecule has 0 spiro atoms. The molecule has 0 radical (unpaired) electrons. The molecule has 0 aromatic carbocycles. The summed E-state index contributed by atoms with van der Waals surface area (Å²) in [6.45, 7) is 12.0. The first-order valence-electron chi connectivity index (χ1n) is 9.64. The molecular formula is C21H30N4O4. The SMILES string of the molecule is CC[C@@H](C)NC(=O)NC(=O)COC(=O)/C(C#N)=C/c1cc(C)n(CC(C)C)c1C. The van der Waals surface area contributed by atoms with Gasteiger partial charge >= 0.3 is 12.0 Å². The molecule has 0 saturated carbocycles. The molecule has 1 rings (SSSR count). The zero-order chi connectivity index (χ0) is 22.1. The smallest absolute Gasteiger partial charge is 0.349 e. The average molecular weight is 402 g/mol. The number of ether oxygens (including phenoxy) is 1. The molecule has 8 nitrogen and oxygen atoms in total. The minimum absolute atomic E-state index is 0.0897. The third-order valence-corrected chi connectivity index (χ3v) is 4.38. The molecule has 1 aromatic heterocycles. The van der Waals surface area contributed by atoms with Crippen molar-refractivity contribution in [2.45, 2.75) is 60.5 Å². The van der Waals surface area contributed by atoms with Crippen LogP contribution in [0.4, 0.5) is 4.79 Å². The molecule has 1 heterocycles. The Morgan fingerprint density at radius 3 is 2.48 bits per heavy atom. The van der Waals surface area contributed by atoms with Gasteiger partial charge in [-0.05, 0) is 50.8 Å². The van der Waals surface area contributed by atoms with Crippen molar-refractivity contribution in [1.82, 2.24) is 15.2 Å². The van der Waals surface area contributed by atoms with E-state index in [0.29, 0.717) is 12.3 Å². The maximum absolute atomic E-state index is 12.2. The second-order valence-electron chi connectivity index (χ2n) is 7.41. The van der Waals surface area contributed by atoms with Crippen molar-refractivity contribution >= 4 is 24.0 Å². The van der Waals surface area contributed by atoms with Crippen LogP contribution in [0.2, 0.25) is 0 Å². The van der Waals surface area contributed by atoms with Crippen LogP contribution in [-0.2, 0) is 20.9 Å². The predicted octanol–water partition coefficient (Wildman–Crippen LogP) is 2.84. The number of urea groups is 1. The number of aromatic nitrogens is 1. The standard InChI is InChI=1S/C21H30N4O4/c1-7-14(4)23-21(28)24-19(26)12-29-20(27)18(10-22)9-17-8-15(5)25(16(17)6)11-13(2)3/h8-9,13-14H,7,11-12H2,1-6H3,(H2,23,24,26,28)/b18-9+/t14-/m1/s1. The summed E-state index contributed by atoms with van der Waals surface area (Å²) >= 11 is 0. The number of nitrogens with one attached hydrogen (secondary N) is 2. The lowest BCUT2D eigenvalue weighted by Crippen LogP contribution is -2.44. The predicted molar refractivity (Wildman–Crippen MR) is 110 cm³/mol. The normalized spacial score (nSPS) is 12.3. The molecule has 0 fully saturated rings. The number of nitriles is 1. The molecule has 0 aliphatic heterocycles. The van der Waals surface area contributed by atoms with Gasteiger partial charge in [0.1, 0.15) is 11.6 Å². The van der Waals surface area contributed by atoms with E-state index in [4.69, 9.17) is 4.74 Å². The van der Waals surface area contributed by atoms with Crippen LogP contribution in [0.15, 0.2) is 11.6 Å². The molecule has 2 N–H and O–H groups in total. The Hall–Kier alpha value is -3.08. The summed E-state index contributed by atoms with van der Waals surface area (Å²) in [7, 11) is 0. The van der Waals surface area contributed by atoms with Gasteiger partial charge in [-0.15, -0.1) is 0 Å². The fourth-order valence-electron chi connectivity index (χ4n) is 2.65. The Bertz CT molecular complexity index is 830. The van der Waals surface area contributed by atoms with Crippen molar-refractivity contribution in [1.29, 1.82) is 5.26 Å². The summed E-state index contributed by atoms with van der Waals surface area (Å²) < 4.78 is 7.00. The number of carbonyl (C=O) groups is 3. The van der Waals surface area contributed by atoms with E-state index in [1.165, 1.54) is 6.08 Å². The van der Waals surface area contributed by atoms with Gasteiger partial charge in [0.2, 0.25) is 0 Å². The first-order valence-corrected chi connectivity index (χ1v) is 9.64. The number of amides is 3. The van der Waals surface area contributed by atoms with Crippen LogP contribution >= 0.6 is 0 Å². The van der Waals surface area contributed by atoms with Crippen LogP contribution in [0.5, 0.6) is 0 Å². The van der Waals surface area contributed by atoms with Crippen molar-refractivity contribution in [3.8, 4) is 6.07 Å². The van der Waals surface area contributed by atoms with Crippen molar-refractivity contribution in [3.63, 3.8) is 0 Å². The van der Waals surface area contributed by atoms with Crippen LogP contribution in [0.1, 0.15) is 51.1 Å². The minimum Gasteiger partial charge on any atom is -0.451 e. The number of esters is 1. The highest BCUT2D eigenvalue weighted by Crippen LogP contribution is 2.20. The highest BCUT2D eigenvalue weighted by Gasteiger charge is 2.17. The number of imide groups is 1. The number of carbonyl (C=O) groups excluding carboxylic acids is 3. The van der Waals surface area contributed by atoms with Crippen LogP contribution < -0.4 is 10.6 Å². The lowest BCUT2D eigenvalue weighted by molar-refractivity contribution is -0.144. The molecule has 8 heteroatoms. The van der Waals surface area contributed by atoms with E-state index < -0.39 is 24.5 Å². The molecule has 3 amide bonds. The maximum atomic E-state index is 12.2. The topological polar surface area (TPSA) is 113 Å². The van der Waals surface area contributed by atoms with Gasteiger partial charge in [0.25, 0.3) is 5.91 Å². The number of aryl methyl sites for hydroxylation is 1. The van der Waals surface area contributed by atoms with Crippen molar-refractivity contribution in [2.75, 3.05) is 6.61 Å². The van der Waals surface area contributed by atoms with Gasteiger partial charge in [-0.1, -0.05) is 20.8 Å². The van der Waals surface area contributed by atoms with Gasteiger partial charge in [-0.2, -0.15) is 5.26 Å². The third-order valence-electron chi connectivity index (χ3n) is 4.38. The highest BCUT2D eigenvalue weighted by atomic mass is 16.5. The van der Waals surface area contributed by atoms with Gasteiger partial charge in [0, 0.05) is 24.0 Å². The van der Waals surface area contributed by atoms with Gasteiger partial charge < -0.3 is 14.6 Å². The zero-order valence-corrected chi connectivity index (χ0v) is 18.0. The van der Waals surface area contributed by atoms with Gasteiger partial charge in [-0.3, -0.25) is 10.1 Å². The average Bonchev–Trinajstić information content (AvgIpc) is 2.90. The first kappa shape index (κ1) is 24.0. The van der Waals surface area contributed by atoms with Gasteiger partial charge in [0.15, 0.2) is 6.61 Å². The van der Waals surface area contributed by atoms with Crippen LogP contribution in [-0.4, -0.2) is 35.1 Å². The quantitative estimate of drug-likeness (QED) is 0.394. The molecule has 1 atom stereocenters. The Morgan fingerprint density at radius 2 is 1.93 bits per heavy atom. The summed E-state index contributed by atoms with van der Waals surface area (Å²) in [6, 6.07) is 2.96. The number of hydrogen-bond donors (Lipinski definition) is 2. The van der Waals surface area contributed by atoms with E-state index in [2.05, 4.69) is 29.0 Å². The van der Waals surface area contributed by atoms with Crippen molar-refractivity contribution < 1.29 is 19.1 Å². The Kier molecular flexibility index (Phi) is 9.13. The van der Waals surface area contributed by atoms with Crippen LogP contribution in [0.25, 0.3) is 6.08 Å². The second-order valence-corrected chi connectivity index (χ2v) is 7.41. The van der Waals surface area contributed by atoms with Gasteiger partial charge in [0.05, 0.1) is 0 Å². The van der Waals surface area contributed by atoms with E-state index in [1.54, 1.807) is 6.92 Å². The molecule has 29 heavy (non-hydrogen) atoms. The maximum Gasteiger partial charge on any atom is 0.349 e. The Morgan fingerprint density at radius 1 is 1.28 bits per heavy atom. The molecule has 0 bridgehead atoms. The molecule has 158 valence electrons. The molecule has 0 aliphatic rings. The van der Waals surface area contributed by atoms with E-state index in [-0.39, 0.29) is 11.6 Å². The molecule has 0 saturated heterocycles. The minimum atomic E-state index is -0.918. The Labute approximate surface area is 171 Å². The Balaban J connectivity index is 2.77. The van der Waals surface area contributed by atoms with Crippen molar-refractivity contribution in [2.24, 2.45) is 5.92 Å². The van der Waals surface area contributed by atoms with Crippen LogP contribution in [0.3, 0.4) is 0 Å². The number of nitrogens with zero attached hydrogens (tertiary/aromatic N) is 2. The lowest BCUT2D eigenvalue weighted by atomic mass is 10.1. The van der Waals surface area contributed by atoms with Gasteiger partial charge in [-0.25, -0.2) is 9.59 Å². The van der Waals surface area contributed by atoms with E-state index >= 15 is 0 Å². The monoisotopic (exact) mass is 402 g/mol. The molecular weight excluding hydrogens is 372 g/mol. The lowest BCUT2D eigenvalue weighted by Gasteiger charge is -2.12. The first-order chi connectivity index (χ1) is 13.6. The second kappa shape index (κ2) is 11.1. The summed E-state index contributed by atoms with van der Waals surface area (Å²) in [6.07, 6.45) is 2.17. The van der Waals surface area contributed by atoms with Crippen LogP contribution in [0, 0.1) is 31.1 Å². The summed E-state index contributed by atoms with van der Waals surface area (Å²) in [5.41, 5.74) is 2.50. The van der Waals surface area contributed by atoms with E-state index in [1.807, 2.05) is 32.9 Å². The third kappa shape index (κ3) is 7.45. The fraction of sp³-hybridized carbons (Fsp3) is 0.524. The molecule has 0 unspecified atom stereocenters.